The van der Waals surface area contributed by atoms with Crippen LogP contribution in [0.5, 0.6) is 0 Å². The van der Waals surface area contributed by atoms with E-state index in [9.17, 15) is 9.59 Å². The number of hydrogen-bond acceptors (Lipinski definition) is 3. The third kappa shape index (κ3) is 4.83. The Morgan fingerprint density at radius 2 is 2.20 bits per heavy atom. The van der Waals surface area contributed by atoms with Gasteiger partial charge in [-0.1, -0.05) is 6.08 Å². The zero-order chi connectivity index (χ0) is 7.98. The van der Waals surface area contributed by atoms with E-state index in [0.29, 0.717) is 0 Å². The summed E-state index contributed by atoms with van der Waals surface area (Å²) in [7, 11) is 0. The lowest BCUT2D eigenvalue weighted by molar-refractivity contribution is -0.142. The maximum atomic E-state index is 10.4. The summed E-state index contributed by atoms with van der Waals surface area (Å²) in [5.41, 5.74) is 4.70. The number of hydrogen-bond donors (Lipinski definition) is 1. The molecule has 0 heterocycles. The van der Waals surface area contributed by atoms with E-state index in [1.54, 1.807) is 6.92 Å². The number of primary amides is 1. The molecule has 0 aliphatic rings. The molecule has 0 radical (unpaired) electrons. The lowest BCUT2D eigenvalue weighted by Crippen LogP contribution is -2.19. The fraction of sp³-hybridized carbons (Fsp3) is 0.333. The molecule has 0 saturated heterocycles. The van der Waals surface area contributed by atoms with Gasteiger partial charge >= 0.3 is 5.97 Å². The molecule has 2 N–H and O–H groups in total. The molecule has 0 aromatic heterocycles. The van der Waals surface area contributed by atoms with Crippen molar-refractivity contribution in [3.63, 3.8) is 0 Å². The van der Waals surface area contributed by atoms with Crippen LogP contribution in [0, 0.1) is 0 Å². The zero-order valence-corrected chi connectivity index (χ0v) is 5.66. The van der Waals surface area contributed by atoms with E-state index in [-0.39, 0.29) is 6.61 Å². The molecule has 0 saturated carbocycles. The predicted molar refractivity (Wildman–Crippen MR) is 35.0 cm³/mol. The van der Waals surface area contributed by atoms with Crippen LogP contribution < -0.4 is 5.73 Å². The number of carbonyl (C=O) groups excluding carboxylic acids is 2. The lowest BCUT2D eigenvalue weighted by Gasteiger charge is -1.94. The van der Waals surface area contributed by atoms with Gasteiger partial charge in [0.1, 0.15) is 0 Å². The highest BCUT2D eigenvalue weighted by atomic mass is 16.5. The molecule has 0 aromatic rings. The van der Waals surface area contributed by atoms with Crippen LogP contribution in [0.15, 0.2) is 12.2 Å². The second kappa shape index (κ2) is 4.55. The highest BCUT2D eigenvalue weighted by Gasteiger charge is 1.97. The van der Waals surface area contributed by atoms with Gasteiger partial charge in [-0.2, -0.15) is 0 Å². The van der Waals surface area contributed by atoms with Crippen molar-refractivity contribution in [2.75, 3.05) is 6.61 Å². The van der Waals surface area contributed by atoms with Gasteiger partial charge in [-0.25, -0.2) is 4.79 Å². The average Bonchev–Trinajstić information content (AvgIpc) is 1.85. The van der Waals surface area contributed by atoms with Crippen LogP contribution in [0.25, 0.3) is 0 Å². The molecule has 0 bridgehead atoms. The molecule has 0 atom stereocenters. The lowest BCUT2D eigenvalue weighted by atomic mass is 10.5. The Kier molecular flexibility index (Phi) is 3.95. The second-order valence-corrected chi connectivity index (χ2v) is 1.57. The van der Waals surface area contributed by atoms with E-state index >= 15 is 0 Å². The van der Waals surface area contributed by atoms with Crippen LogP contribution in [0.1, 0.15) is 6.92 Å². The number of rotatable bonds is 3. The summed E-state index contributed by atoms with van der Waals surface area (Å²) in [6.45, 7) is 1.31. The van der Waals surface area contributed by atoms with Gasteiger partial charge in [-0.05, 0) is 6.92 Å². The first-order valence-corrected chi connectivity index (χ1v) is 2.74. The minimum absolute atomic E-state index is 0.358. The van der Waals surface area contributed by atoms with Gasteiger partial charge < -0.3 is 10.5 Å². The molecule has 0 aliphatic carbocycles. The Morgan fingerprint density at radius 3 is 2.60 bits per heavy atom. The Morgan fingerprint density at radius 1 is 1.60 bits per heavy atom. The van der Waals surface area contributed by atoms with Crippen LogP contribution in [0.2, 0.25) is 0 Å². The zero-order valence-electron chi connectivity index (χ0n) is 5.66. The summed E-state index contributed by atoms with van der Waals surface area (Å²) >= 11 is 0. The fourth-order valence-electron chi connectivity index (χ4n) is 0.326. The quantitative estimate of drug-likeness (QED) is 0.431. The Balaban J connectivity index is 3.50. The topological polar surface area (TPSA) is 69.4 Å². The molecular weight excluding hydrogens is 134 g/mol. The Bertz CT molecular complexity index is 162. The molecule has 0 fully saturated rings. The van der Waals surface area contributed by atoms with E-state index in [0.717, 1.165) is 0 Å². The minimum Gasteiger partial charge on any atom is -0.452 e. The van der Waals surface area contributed by atoms with Gasteiger partial charge in [0.15, 0.2) is 6.61 Å². The molecule has 1 amide bonds. The standard InChI is InChI=1S/C6H9NO3/c1-2-3-6(9)10-4-5(7)8/h2-3H,4H2,1H3,(H2,7,8)/b3-2+. The van der Waals surface area contributed by atoms with E-state index in [4.69, 9.17) is 5.73 Å². The summed E-state index contributed by atoms with van der Waals surface area (Å²) in [4.78, 5) is 20.5. The van der Waals surface area contributed by atoms with E-state index in [1.165, 1.54) is 12.2 Å². The van der Waals surface area contributed by atoms with Crippen molar-refractivity contribution in [1.29, 1.82) is 0 Å². The number of allylic oxidation sites excluding steroid dienone is 1. The number of nitrogens with two attached hydrogens (primary N) is 1. The number of esters is 1. The molecule has 56 valence electrons. The summed E-state index contributed by atoms with van der Waals surface area (Å²) in [5, 5.41) is 0. The molecule has 4 nitrogen and oxygen atoms in total. The molecule has 10 heavy (non-hydrogen) atoms. The Hall–Kier alpha value is -1.32. The third-order valence-corrected chi connectivity index (χ3v) is 0.659. The fourth-order valence-corrected chi connectivity index (χ4v) is 0.326. The van der Waals surface area contributed by atoms with E-state index < -0.39 is 11.9 Å². The number of amides is 1. The smallest absolute Gasteiger partial charge is 0.330 e. The molecule has 0 aliphatic heterocycles. The highest BCUT2D eigenvalue weighted by molar-refractivity contribution is 5.85. The highest BCUT2D eigenvalue weighted by Crippen LogP contribution is 1.79. The summed E-state index contributed by atoms with van der Waals surface area (Å²) in [5.74, 6) is -1.21. The van der Waals surface area contributed by atoms with Crippen molar-refractivity contribution in [3.05, 3.63) is 12.2 Å². The van der Waals surface area contributed by atoms with E-state index in [1.807, 2.05) is 0 Å². The summed E-state index contributed by atoms with van der Waals surface area (Å²) < 4.78 is 4.34. The average molecular weight is 143 g/mol. The first-order chi connectivity index (χ1) is 4.66. The largest absolute Gasteiger partial charge is 0.452 e. The van der Waals surface area contributed by atoms with Crippen LogP contribution in [0.3, 0.4) is 0 Å². The van der Waals surface area contributed by atoms with Gasteiger partial charge in [-0.15, -0.1) is 0 Å². The van der Waals surface area contributed by atoms with Crippen molar-refractivity contribution in [2.45, 2.75) is 6.92 Å². The van der Waals surface area contributed by atoms with Crippen molar-refractivity contribution in [2.24, 2.45) is 5.73 Å². The molecule has 0 aromatic carbocycles. The van der Waals surface area contributed by atoms with Crippen LogP contribution in [-0.2, 0) is 14.3 Å². The molecule has 0 unspecified atom stereocenters. The van der Waals surface area contributed by atoms with E-state index in [2.05, 4.69) is 4.74 Å². The summed E-state index contributed by atoms with van der Waals surface area (Å²) in [6, 6.07) is 0. The van der Waals surface area contributed by atoms with Gasteiger partial charge in [-0.3, -0.25) is 4.79 Å². The first-order valence-electron chi connectivity index (χ1n) is 2.74. The van der Waals surface area contributed by atoms with Gasteiger partial charge in [0, 0.05) is 6.08 Å². The van der Waals surface area contributed by atoms with Crippen LogP contribution >= 0.6 is 0 Å². The van der Waals surface area contributed by atoms with Crippen molar-refractivity contribution in [1.82, 2.24) is 0 Å². The Labute approximate surface area is 58.7 Å². The van der Waals surface area contributed by atoms with Gasteiger partial charge in [0.2, 0.25) is 0 Å². The van der Waals surface area contributed by atoms with Gasteiger partial charge in [0.05, 0.1) is 0 Å². The molecule has 4 heteroatoms. The normalized spacial score (nSPS) is 9.70. The number of ether oxygens (including phenoxy) is 1. The monoisotopic (exact) mass is 143 g/mol. The van der Waals surface area contributed by atoms with Crippen molar-refractivity contribution in [3.8, 4) is 0 Å². The maximum absolute atomic E-state index is 10.4. The number of carbonyl (C=O) groups is 2. The molecular formula is C6H9NO3. The summed E-state index contributed by atoms with van der Waals surface area (Å²) in [6.07, 6.45) is 2.73. The van der Waals surface area contributed by atoms with Crippen LogP contribution in [0.4, 0.5) is 0 Å². The SMILES string of the molecule is C/C=C/C(=O)OCC(N)=O. The van der Waals surface area contributed by atoms with Crippen molar-refractivity contribution >= 4 is 11.9 Å². The third-order valence-electron chi connectivity index (χ3n) is 0.659. The van der Waals surface area contributed by atoms with Crippen LogP contribution in [-0.4, -0.2) is 18.5 Å². The first kappa shape index (κ1) is 8.68. The van der Waals surface area contributed by atoms with Crippen molar-refractivity contribution < 1.29 is 14.3 Å². The second-order valence-electron chi connectivity index (χ2n) is 1.57. The predicted octanol–water partition coefficient (Wildman–Crippen LogP) is -0.409. The van der Waals surface area contributed by atoms with Gasteiger partial charge in [0.25, 0.3) is 5.91 Å². The molecule has 0 rings (SSSR count). The minimum atomic E-state index is -0.655. The molecule has 0 spiro atoms. The maximum Gasteiger partial charge on any atom is 0.330 e.